The summed E-state index contributed by atoms with van der Waals surface area (Å²) in [5.41, 5.74) is -0.591. The zero-order valence-electron chi connectivity index (χ0n) is 12.5. The summed E-state index contributed by atoms with van der Waals surface area (Å²) in [6, 6.07) is 0.0432. The number of likely N-dealkylation sites (tertiary alicyclic amines) is 1. The van der Waals surface area contributed by atoms with E-state index in [9.17, 15) is 14.4 Å². The number of hydrogen-bond donors (Lipinski definition) is 0. The number of imide groups is 1. The lowest BCUT2D eigenvalue weighted by molar-refractivity contribution is -0.175. The van der Waals surface area contributed by atoms with Gasteiger partial charge in [-0.3, -0.25) is 19.3 Å². The van der Waals surface area contributed by atoms with E-state index in [2.05, 4.69) is 0 Å². The molecule has 2 atom stereocenters. The molecule has 0 radical (unpaired) electrons. The first kappa shape index (κ1) is 15.0. The first-order valence-corrected chi connectivity index (χ1v) is 7.41. The minimum Gasteiger partial charge on any atom is -0.455 e. The second-order valence-electron chi connectivity index (χ2n) is 6.37. The Morgan fingerprint density at radius 1 is 1.30 bits per heavy atom. The van der Waals surface area contributed by atoms with Crippen LogP contribution in [0.2, 0.25) is 0 Å². The molecule has 2 unspecified atom stereocenters. The molecule has 1 aliphatic heterocycles. The maximum atomic E-state index is 12.0. The van der Waals surface area contributed by atoms with Crippen molar-refractivity contribution >= 4 is 17.8 Å². The summed E-state index contributed by atoms with van der Waals surface area (Å²) in [7, 11) is 0. The van der Waals surface area contributed by atoms with Gasteiger partial charge in [-0.1, -0.05) is 19.8 Å². The fourth-order valence-corrected chi connectivity index (χ4v) is 2.81. The predicted octanol–water partition coefficient (Wildman–Crippen LogP) is 1.89. The number of ether oxygens (including phenoxy) is 1. The van der Waals surface area contributed by atoms with Crippen molar-refractivity contribution in [3.8, 4) is 0 Å². The van der Waals surface area contributed by atoms with Crippen LogP contribution in [-0.4, -0.2) is 35.3 Å². The number of amides is 2. The molecule has 0 aromatic heterocycles. The lowest BCUT2D eigenvalue weighted by Gasteiger charge is -2.48. The first-order valence-electron chi connectivity index (χ1n) is 7.41. The first-order chi connectivity index (χ1) is 9.38. The predicted molar refractivity (Wildman–Crippen MR) is 72.6 cm³/mol. The molecule has 0 aromatic carbocycles. The lowest BCUT2D eigenvalue weighted by Crippen LogP contribution is -2.64. The van der Waals surface area contributed by atoms with Crippen molar-refractivity contribution in [2.45, 2.75) is 58.9 Å². The minimum atomic E-state index is -0.591. The van der Waals surface area contributed by atoms with Gasteiger partial charge in [0.2, 0.25) is 5.91 Å². The number of β-lactam (4-membered cyclic amide) rings is 1. The van der Waals surface area contributed by atoms with Crippen molar-refractivity contribution in [2.24, 2.45) is 11.3 Å². The molecule has 1 heterocycles. The zero-order valence-corrected chi connectivity index (χ0v) is 12.5. The third-order valence-electron chi connectivity index (χ3n) is 4.65. The Hall–Kier alpha value is -1.39. The molecule has 5 nitrogen and oxygen atoms in total. The van der Waals surface area contributed by atoms with E-state index in [0.29, 0.717) is 6.42 Å². The molecule has 1 aliphatic carbocycles. The number of fused-ring (bicyclic) bond motifs is 1. The summed E-state index contributed by atoms with van der Waals surface area (Å²) in [4.78, 5) is 37.1. The van der Waals surface area contributed by atoms with Gasteiger partial charge in [0.05, 0.1) is 17.4 Å². The highest BCUT2D eigenvalue weighted by atomic mass is 16.5. The van der Waals surface area contributed by atoms with Crippen molar-refractivity contribution in [1.82, 2.24) is 4.90 Å². The Bertz CT molecular complexity index is 430. The van der Waals surface area contributed by atoms with Crippen LogP contribution in [0.25, 0.3) is 0 Å². The highest BCUT2D eigenvalue weighted by molar-refractivity contribution is 6.02. The molecular formula is C15H23NO4. The average molecular weight is 281 g/mol. The van der Waals surface area contributed by atoms with Gasteiger partial charge in [-0.05, 0) is 33.1 Å². The Kier molecular flexibility index (Phi) is 4.16. The second-order valence-corrected chi connectivity index (χ2v) is 6.37. The standard InChI is InChI=1S/C15H23NO4/c1-4-15(2,3)14(19)20-9-12(17)16-11-8-6-5-7-10(11)13(16)18/h10-11H,4-9H2,1-3H3. The Balaban J connectivity index is 1.87. The van der Waals surface area contributed by atoms with Crippen molar-refractivity contribution in [3.05, 3.63) is 0 Å². The molecule has 0 bridgehead atoms. The molecule has 1 saturated carbocycles. The van der Waals surface area contributed by atoms with Gasteiger partial charge >= 0.3 is 5.97 Å². The van der Waals surface area contributed by atoms with Gasteiger partial charge in [-0.2, -0.15) is 0 Å². The molecule has 5 heteroatoms. The highest BCUT2D eigenvalue weighted by Gasteiger charge is 2.51. The molecular weight excluding hydrogens is 258 g/mol. The van der Waals surface area contributed by atoms with Crippen molar-refractivity contribution in [3.63, 3.8) is 0 Å². The van der Waals surface area contributed by atoms with Gasteiger partial charge < -0.3 is 4.74 Å². The number of nitrogens with zero attached hydrogens (tertiary/aromatic N) is 1. The van der Waals surface area contributed by atoms with Crippen LogP contribution in [0, 0.1) is 11.3 Å². The topological polar surface area (TPSA) is 63.7 Å². The van der Waals surface area contributed by atoms with Crippen LogP contribution >= 0.6 is 0 Å². The quantitative estimate of drug-likeness (QED) is 0.583. The van der Waals surface area contributed by atoms with Gasteiger partial charge in [-0.15, -0.1) is 0 Å². The summed E-state index contributed by atoms with van der Waals surface area (Å²) in [6.45, 7) is 5.14. The van der Waals surface area contributed by atoms with E-state index in [4.69, 9.17) is 4.74 Å². The van der Waals surface area contributed by atoms with Gasteiger partial charge in [-0.25, -0.2) is 0 Å². The summed E-state index contributed by atoms with van der Waals surface area (Å²) >= 11 is 0. The average Bonchev–Trinajstić information content (AvgIpc) is 2.44. The second kappa shape index (κ2) is 5.54. The van der Waals surface area contributed by atoms with Crippen molar-refractivity contribution in [1.29, 1.82) is 0 Å². The van der Waals surface area contributed by atoms with Gasteiger partial charge in [0.15, 0.2) is 6.61 Å². The molecule has 112 valence electrons. The highest BCUT2D eigenvalue weighted by Crippen LogP contribution is 2.38. The van der Waals surface area contributed by atoms with Crippen LogP contribution in [0.1, 0.15) is 52.9 Å². The molecule has 0 aromatic rings. The SMILES string of the molecule is CCC(C)(C)C(=O)OCC(=O)N1C(=O)C2CCCCC21. The fourth-order valence-electron chi connectivity index (χ4n) is 2.81. The van der Waals surface area contributed by atoms with Gasteiger partial charge in [0.25, 0.3) is 5.91 Å². The van der Waals surface area contributed by atoms with Crippen LogP contribution in [0.15, 0.2) is 0 Å². The lowest BCUT2D eigenvalue weighted by atomic mass is 9.76. The Morgan fingerprint density at radius 3 is 2.60 bits per heavy atom. The monoisotopic (exact) mass is 281 g/mol. The fraction of sp³-hybridized carbons (Fsp3) is 0.800. The molecule has 2 rings (SSSR count). The molecule has 0 N–H and O–H groups in total. The third-order valence-corrected chi connectivity index (χ3v) is 4.65. The van der Waals surface area contributed by atoms with E-state index in [1.165, 1.54) is 4.90 Å². The summed E-state index contributed by atoms with van der Waals surface area (Å²) < 4.78 is 5.06. The largest absolute Gasteiger partial charge is 0.455 e. The Morgan fingerprint density at radius 2 is 1.95 bits per heavy atom. The van der Waals surface area contributed by atoms with Crippen LogP contribution < -0.4 is 0 Å². The van der Waals surface area contributed by atoms with E-state index >= 15 is 0 Å². The van der Waals surface area contributed by atoms with Gasteiger partial charge in [0.1, 0.15) is 0 Å². The minimum absolute atomic E-state index is 0.0236. The smallest absolute Gasteiger partial charge is 0.312 e. The van der Waals surface area contributed by atoms with Crippen molar-refractivity contribution in [2.75, 3.05) is 6.61 Å². The van der Waals surface area contributed by atoms with E-state index in [0.717, 1.165) is 25.7 Å². The molecule has 2 aliphatic rings. The van der Waals surface area contributed by atoms with E-state index in [-0.39, 0.29) is 36.4 Å². The number of hydrogen-bond acceptors (Lipinski definition) is 4. The molecule has 2 amide bonds. The molecule has 2 fully saturated rings. The van der Waals surface area contributed by atoms with E-state index in [1.54, 1.807) is 13.8 Å². The molecule has 1 saturated heterocycles. The van der Waals surface area contributed by atoms with Crippen LogP contribution in [-0.2, 0) is 19.1 Å². The summed E-state index contributed by atoms with van der Waals surface area (Å²) in [5, 5.41) is 0. The number of carbonyl (C=O) groups is 3. The number of esters is 1. The molecule has 0 spiro atoms. The zero-order chi connectivity index (χ0) is 14.9. The van der Waals surface area contributed by atoms with Crippen molar-refractivity contribution < 1.29 is 19.1 Å². The van der Waals surface area contributed by atoms with Gasteiger partial charge in [0, 0.05) is 0 Å². The van der Waals surface area contributed by atoms with E-state index < -0.39 is 5.41 Å². The maximum Gasteiger partial charge on any atom is 0.312 e. The third kappa shape index (κ3) is 2.58. The maximum absolute atomic E-state index is 12.0. The summed E-state index contributed by atoms with van der Waals surface area (Å²) in [6.07, 6.45) is 4.54. The normalized spacial score (nSPS) is 25.8. The van der Waals surface area contributed by atoms with Crippen LogP contribution in [0.5, 0.6) is 0 Å². The van der Waals surface area contributed by atoms with Crippen LogP contribution in [0.4, 0.5) is 0 Å². The molecule has 20 heavy (non-hydrogen) atoms. The number of rotatable bonds is 4. The van der Waals surface area contributed by atoms with Crippen LogP contribution in [0.3, 0.4) is 0 Å². The Labute approximate surface area is 119 Å². The van der Waals surface area contributed by atoms with E-state index in [1.807, 2.05) is 6.92 Å². The number of carbonyl (C=O) groups excluding carboxylic acids is 3. The summed E-state index contributed by atoms with van der Waals surface area (Å²) in [5.74, 6) is -0.832.